The lowest BCUT2D eigenvalue weighted by Crippen LogP contribution is -2.39. The highest BCUT2D eigenvalue weighted by molar-refractivity contribution is 7.89. The number of hydrogen-bond donors (Lipinski definition) is 2. The van der Waals surface area contributed by atoms with Crippen LogP contribution in [0, 0.1) is 11.8 Å². The third-order valence-electron chi connectivity index (χ3n) is 3.19. The van der Waals surface area contributed by atoms with Crippen molar-refractivity contribution >= 4 is 10.0 Å². The number of piperidine rings is 1. The normalized spacial score (nSPS) is 24.2. The van der Waals surface area contributed by atoms with Gasteiger partial charge in [0.1, 0.15) is 0 Å². The molecule has 1 heterocycles. The molecule has 1 aliphatic rings. The topological polar surface area (TPSA) is 58.2 Å². The quantitative estimate of drug-likeness (QED) is 0.736. The number of sulfonamides is 1. The van der Waals surface area contributed by atoms with Crippen molar-refractivity contribution in [1.82, 2.24) is 10.0 Å². The average Bonchev–Trinajstić information content (AvgIpc) is 2.27. The van der Waals surface area contributed by atoms with Gasteiger partial charge in [-0.3, -0.25) is 0 Å². The summed E-state index contributed by atoms with van der Waals surface area (Å²) in [5.74, 6) is 0.950. The standard InChI is InChI=1S/C11H24N2O2S/c1-3-10(2)9-16(14,15)13-8-11-5-4-6-12-7-11/h10-13H,3-9H2,1-2H3. The van der Waals surface area contributed by atoms with Crippen LogP contribution in [0.15, 0.2) is 0 Å². The van der Waals surface area contributed by atoms with Gasteiger partial charge in [-0.15, -0.1) is 0 Å². The highest BCUT2D eigenvalue weighted by Crippen LogP contribution is 2.10. The zero-order chi connectivity index (χ0) is 12.0. The Hall–Kier alpha value is -0.130. The van der Waals surface area contributed by atoms with Crippen molar-refractivity contribution in [2.24, 2.45) is 11.8 Å². The van der Waals surface area contributed by atoms with Crippen LogP contribution in [0.4, 0.5) is 0 Å². The molecule has 2 N–H and O–H groups in total. The van der Waals surface area contributed by atoms with Crippen molar-refractivity contribution in [1.29, 1.82) is 0 Å². The molecule has 16 heavy (non-hydrogen) atoms. The molecule has 0 bridgehead atoms. The summed E-state index contributed by atoms with van der Waals surface area (Å²) in [5, 5.41) is 3.29. The largest absolute Gasteiger partial charge is 0.316 e. The number of nitrogens with one attached hydrogen (secondary N) is 2. The Labute approximate surface area is 99.2 Å². The third-order valence-corrected chi connectivity index (χ3v) is 4.81. The van der Waals surface area contributed by atoms with E-state index in [0.717, 1.165) is 32.4 Å². The van der Waals surface area contributed by atoms with Crippen LogP contribution in [0.2, 0.25) is 0 Å². The van der Waals surface area contributed by atoms with Crippen molar-refractivity contribution < 1.29 is 8.42 Å². The summed E-state index contributed by atoms with van der Waals surface area (Å²) in [5.41, 5.74) is 0. The van der Waals surface area contributed by atoms with Crippen LogP contribution in [-0.4, -0.2) is 33.8 Å². The third kappa shape index (κ3) is 5.27. The SMILES string of the molecule is CCC(C)CS(=O)(=O)NCC1CCCNC1. The molecule has 0 saturated carbocycles. The van der Waals surface area contributed by atoms with Crippen LogP contribution in [-0.2, 0) is 10.0 Å². The number of hydrogen-bond acceptors (Lipinski definition) is 3. The molecule has 1 rings (SSSR count). The molecule has 2 unspecified atom stereocenters. The molecule has 0 radical (unpaired) electrons. The summed E-state index contributed by atoms with van der Waals surface area (Å²) in [7, 11) is -3.07. The van der Waals surface area contributed by atoms with Gasteiger partial charge in [0.2, 0.25) is 10.0 Å². The zero-order valence-electron chi connectivity index (χ0n) is 10.3. The maximum Gasteiger partial charge on any atom is 0.211 e. The lowest BCUT2D eigenvalue weighted by molar-refractivity contribution is 0.375. The average molecular weight is 248 g/mol. The summed E-state index contributed by atoms with van der Waals surface area (Å²) in [6.45, 7) is 6.58. The molecule has 0 aromatic carbocycles. The van der Waals surface area contributed by atoms with Gasteiger partial charge in [-0.1, -0.05) is 20.3 Å². The van der Waals surface area contributed by atoms with Gasteiger partial charge in [-0.25, -0.2) is 13.1 Å². The van der Waals surface area contributed by atoms with E-state index >= 15 is 0 Å². The molecule has 0 aliphatic carbocycles. The van der Waals surface area contributed by atoms with Crippen molar-refractivity contribution in [2.75, 3.05) is 25.4 Å². The van der Waals surface area contributed by atoms with E-state index in [1.165, 1.54) is 0 Å². The summed E-state index contributed by atoms with van der Waals surface area (Å²) < 4.78 is 26.1. The maximum atomic E-state index is 11.7. The van der Waals surface area contributed by atoms with Gasteiger partial charge in [0.25, 0.3) is 0 Å². The Kier molecular flexibility index (Phi) is 5.72. The van der Waals surface area contributed by atoms with E-state index in [-0.39, 0.29) is 11.7 Å². The molecule has 96 valence electrons. The molecular formula is C11H24N2O2S. The Morgan fingerprint density at radius 2 is 2.25 bits per heavy atom. The number of rotatable bonds is 6. The van der Waals surface area contributed by atoms with Gasteiger partial charge in [-0.05, 0) is 37.8 Å². The minimum atomic E-state index is -3.07. The fourth-order valence-electron chi connectivity index (χ4n) is 1.89. The first-order valence-corrected chi connectivity index (χ1v) is 7.86. The molecule has 1 fully saturated rings. The van der Waals surface area contributed by atoms with Gasteiger partial charge in [0.05, 0.1) is 5.75 Å². The van der Waals surface area contributed by atoms with Crippen LogP contribution >= 0.6 is 0 Å². The van der Waals surface area contributed by atoms with E-state index < -0.39 is 10.0 Å². The van der Waals surface area contributed by atoms with Gasteiger partial charge < -0.3 is 5.32 Å². The first-order valence-electron chi connectivity index (χ1n) is 6.21. The first kappa shape index (κ1) is 13.9. The summed E-state index contributed by atoms with van der Waals surface area (Å²) in [4.78, 5) is 0. The summed E-state index contributed by atoms with van der Waals surface area (Å²) in [6, 6.07) is 0. The lowest BCUT2D eigenvalue weighted by atomic mass is 10.0. The van der Waals surface area contributed by atoms with Crippen molar-refractivity contribution in [2.45, 2.75) is 33.1 Å². The van der Waals surface area contributed by atoms with Gasteiger partial charge >= 0.3 is 0 Å². The highest BCUT2D eigenvalue weighted by Gasteiger charge is 2.18. The second kappa shape index (κ2) is 6.57. The van der Waals surface area contributed by atoms with Crippen LogP contribution < -0.4 is 10.0 Å². The lowest BCUT2D eigenvalue weighted by Gasteiger charge is -2.23. The molecule has 5 heteroatoms. The van der Waals surface area contributed by atoms with Crippen LogP contribution in [0.25, 0.3) is 0 Å². The first-order chi connectivity index (χ1) is 7.53. The molecule has 1 aliphatic heterocycles. The second-order valence-corrected chi connectivity index (χ2v) is 6.71. The van der Waals surface area contributed by atoms with Gasteiger partial charge in [-0.2, -0.15) is 0 Å². The molecule has 4 nitrogen and oxygen atoms in total. The van der Waals surface area contributed by atoms with Crippen LogP contribution in [0.1, 0.15) is 33.1 Å². The Bertz CT molecular complexity index is 284. The molecular weight excluding hydrogens is 224 g/mol. The molecule has 0 aromatic rings. The van der Waals surface area contributed by atoms with Crippen molar-refractivity contribution in [3.05, 3.63) is 0 Å². The fraction of sp³-hybridized carbons (Fsp3) is 1.00. The predicted molar refractivity (Wildman–Crippen MR) is 66.8 cm³/mol. The summed E-state index contributed by atoms with van der Waals surface area (Å²) in [6.07, 6.45) is 3.18. The Balaban J connectivity index is 2.29. The van der Waals surface area contributed by atoms with Gasteiger partial charge in [0.15, 0.2) is 0 Å². The van der Waals surface area contributed by atoms with E-state index in [1.807, 2.05) is 13.8 Å². The predicted octanol–water partition coefficient (Wildman–Crippen LogP) is 0.952. The molecule has 0 spiro atoms. The molecule has 0 aromatic heterocycles. The van der Waals surface area contributed by atoms with Crippen molar-refractivity contribution in [3.63, 3.8) is 0 Å². The second-order valence-electron chi connectivity index (χ2n) is 4.86. The summed E-state index contributed by atoms with van der Waals surface area (Å²) >= 11 is 0. The maximum absolute atomic E-state index is 11.7. The van der Waals surface area contributed by atoms with E-state index in [1.54, 1.807) is 0 Å². The van der Waals surface area contributed by atoms with Crippen LogP contribution in [0.3, 0.4) is 0 Å². The minimum absolute atomic E-state index is 0.238. The zero-order valence-corrected chi connectivity index (χ0v) is 11.1. The molecule has 1 saturated heterocycles. The van der Waals surface area contributed by atoms with E-state index in [9.17, 15) is 8.42 Å². The minimum Gasteiger partial charge on any atom is -0.316 e. The smallest absolute Gasteiger partial charge is 0.211 e. The van der Waals surface area contributed by atoms with E-state index in [0.29, 0.717) is 12.5 Å². The van der Waals surface area contributed by atoms with E-state index in [2.05, 4.69) is 10.0 Å². The Morgan fingerprint density at radius 3 is 2.81 bits per heavy atom. The Morgan fingerprint density at radius 1 is 1.50 bits per heavy atom. The van der Waals surface area contributed by atoms with Crippen molar-refractivity contribution in [3.8, 4) is 0 Å². The van der Waals surface area contributed by atoms with Gasteiger partial charge in [0, 0.05) is 6.54 Å². The van der Waals surface area contributed by atoms with E-state index in [4.69, 9.17) is 0 Å². The highest BCUT2D eigenvalue weighted by atomic mass is 32.2. The van der Waals surface area contributed by atoms with Crippen LogP contribution in [0.5, 0.6) is 0 Å². The molecule has 2 atom stereocenters. The molecule has 0 amide bonds. The fourth-order valence-corrected chi connectivity index (χ4v) is 3.49. The monoisotopic (exact) mass is 248 g/mol.